The first-order valence-electron chi connectivity index (χ1n) is 6.31. The molecule has 0 aliphatic heterocycles. The highest BCUT2D eigenvalue weighted by atomic mass is 35.5. The van der Waals surface area contributed by atoms with Gasteiger partial charge in [0.25, 0.3) is 0 Å². The SMILES string of the molecule is CC1CCCC(CCl)(NCc2ncccn2)C1. The zero-order chi connectivity index (χ0) is 12.1. The normalized spacial score (nSPS) is 29.2. The molecule has 94 valence electrons. The van der Waals surface area contributed by atoms with Crippen molar-refractivity contribution in [2.75, 3.05) is 5.88 Å². The van der Waals surface area contributed by atoms with E-state index in [1.54, 1.807) is 12.4 Å². The lowest BCUT2D eigenvalue weighted by Gasteiger charge is -2.39. The Hall–Kier alpha value is -0.670. The number of hydrogen-bond donors (Lipinski definition) is 1. The number of rotatable bonds is 4. The minimum absolute atomic E-state index is 0.0818. The van der Waals surface area contributed by atoms with Gasteiger partial charge < -0.3 is 5.32 Å². The molecule has 1 aliphatic rings. The van der Waals surface area contributed by atoms with Crippen molar-refractivity contribution in [3.8, 4) is 0 Å². The summed E-state index contributed by atoms with van der Waals surface area (Å²) in [5.41, 5.74) is 0.0818. The first-order valence-corrected chi connectivity index (χ1v) is 6.84. The van der Waals surface area contributed by atoms with Gasteiger partial charge in [-0.25, -0.2) is 9.97 Å². The summed E-state index contributed by atoms with van der Waals surface area (Å²) in [6.45, 7) is 3.02. The van der Waals surface area contributed by atoms with E-state index in [9.17, 15) is 0 Å². The summed E-state index contributed by atoms with van der Waals surface area (Å²) in [7, 11) is 0. The van der Waals surface area contributed by atoms with Gasteiger partial charge in [0, 0.05) is 23.8 Å². The second-order valence-electron chi connectivity index (χ2n) is 5.13. The lowest BCUT2D eigenvalue weighted by molar-refractivity contribution is 0.206. The van der Waals surface area contributed by atoms with E-state index in [4.69, 9.17) is 11.6 Å². The maximum absolute atomic E-state index is 6.17. The monoisotopic (exact) mass is 253 g/mol. The fourth-order valence-electron chi connectivity index (χ4n) is 2.68. The Morgan fingerprint density at radius 3 is 2.88 bits per heavy atom. The Morgan fingerprint density at radius 2 is 2.24 bits per heavy atom. The first-order chi connectivity index (χ1) is 8.24. The Kier molecular flexibility index (Phi) is 4.35. The van der Waals surface area contributed by atoms with Gasteiger partial charge in [-0.05, 0) is 24.8 Å². The Balaban J connectivity index is 1.95. The van der Waals surface area contributed by atoms with Gasteiger partial charge in [0.1, 0.15) is 5.82 Å². The van der Waals surface area contributed by atoms with Crippen LogP contribution in [0.5, 0.6) is 0 Å². The highest BCUT2D eigenvalue weighted by Gasteiger charge is 2.33. The summed E-state index contributed by atoms with van der Waals surface area (Å²) in [5, 5.41) is 3.57. The molecule has 1 aromatic rings. The summed E-state index contributed by atoms with van der Waals surface area (Å²) in [6.07, 6.45) is 8.46. The van der Waals surface area contributed by atoms with Crippen molar-refractivity contribution in [1.29, 1.82) is 0 Å². The molecule has 0 saturated heterocycles. The summed E-state index contributed by atoms with van der Waals surface area (Å²) in [6, 6.07) is 1.84. The van der Waals surface area contributed by atoms with Gasteiger partial charge >= 0.3 is 0 Å². The molecule has 1 N–H and O–H groups in total. The van der Waals surface area contributed by atoms with Crippen LogP contribution in [0, 0.1) is 5.92 Å². The van der Waals surface area contributed by atoms with Crippen LogP contribution in [0.1, 0.15) is 38.4 Å². The smallest absolute Gasteiger partial charge is 0.141 e. The molecule has 1 heterocycles. The second kappa shape index (κ2) is 5.78. The van der Waals surface area contributed by atoms with Crippen LogP contribution in [0.15, 0.2) is 18.5 Å². The summed E-state index contributed by atoms with van der Waals surface area (Å²) in [4.78, 5) is 8.46. The van der Waals surface area contributed by atoms with Crippen LogP contribution in [-0.4, -0.2) is 21.4 Å². The lowest BCUT2D eigenvalue weighted by Crippen LogP contribution is -2.49. The van der Waals surface area contributed by atoms with Crippen LogP contribution in [0.4, 0.5) is 0 Å². The van der Waals surface area contributed by atoms with Gasteiger partial charge in [-0.2, -0.15) is 0 Å². The molecule has 3 nitrogen and oxygen atoms in total. The Labute approximate surface area is 108 Å². The maximum Gasteiger partial charge on any atom is 0.141 e. The van der Waals surface area contributed by atoms with E-state index in [1.165, 1.54) is 12.8 Å². The molecule has 17 heavy (non-hydrogen) atoms. The molecule has 1 aromatic heterocycles. The Bertz CT molecular complexity index is 344. The lowest BCUT2D eigenvalue weighted by atomic mass is 9.77. The molecule has 1 aliphatic carbocycles. The van der Waals surface area contributed by atoms with Gasteiger partial charge in [-0.15, -0.1) is 11.6 Å². The van der Waals surface area contributed by atoms with Gasteiger partial charge in [-0.1, -0.05) is 19.8 Å². The molecule has 0 bridgehead atoms. The number of aromatic nitrogens is 2. The number of hydrogen-bond acceptors (Lipinski definition) is 3. The zero-order valence-corrected chi connectivity index (χ0v) is 11.1. The number of nitrogens with one attached hydrogen (secondary N) is 1. The van der Waals surface area contributed by atoms with Crippen LogP contribution >= 0.6 is 11.6 Å². The summed E-state index contributed by atoms with van der Waals surface area (Å²) < 4.78 is 0. The van der Waals surface area contributed by atoms with E-state index < -0.39 is 0 Å². The summed E-state index contributed by atoms with van der Waals surface area (Å²) >= 11 is 6.17. The van der Waals surface area contributed by atoms with Crippen LogP contribution in [-0.2, 0) is 6.54 Å². The number of nitrogens with zero attached hydrogens (tertiary/aromatic N) is 2. The van der Waals surface area contributed by atoms with Gasteiger partial charge in [0.05, 0.1) is 6.54 Å². The molecule has 0 spiro atoms. The molecule has 0 radical (unpaired) electrons. The molecule has 0 aromatic carbocycles. The highest BCUT2D eigenvalue weighted by Crippen LogP contribution is 2.33. The van der Waals surface area contributed by atoms with Crippen molar-refractivity contribution < 1.29 is 0 Å². The van der Waals surface area contributed by atoms with E-state index in [2.05, 4.69) is 22.2 Å². The van der Waals surface area contributed by atoms with Crippen LogP contribution in [0.2, 0.25) is 0 Å². The van der Waals surface area contributed by atoms with Crippen LogP contribution < -0.4 is 5.32 Å². The average molecular weight is 254 g/mol. The molecular formula is C13H20ClN3. The minimum atomic E-state index is 0.0818. The van der Waals surface area contributed by atoms with Crippen LogP contribution in [0.3, 0.4) is 0 Å². The standard InChI is InChI=1S/C13H20ClN3/c1-11-4-2-5-13(8-11,10-14)17-9-12-15-6-3-7-16-12/h3,6-7,11,17H,2,4-5,8-10H2,1H3. The molecule has 1 saturated carbocycles. The topological polar surface area (TPSA) is 37.8 Å². The third kappa shape index (κ3) is 3.39. The highest BCUT2D eigenvalue weighted by molar-refractivity contribution is 6.18. The molecular weight excluding hydrogens is 234 g/mol. The first kappa shape index (κ1) is 12.8. The van der Waals surface area contributed by atoms with Gasteiger partial charge in [0.15, 0.2) is 0 Å². The third-order valence-corrected chi connectivity index (χ3v) is 4.10. The van der Waals surface area contributed by atoms with E-state index in [0.717, 1.165) is 24.6 Å². The Morgan fingerprint density at radius 1 is 1.47 bits per heavy atom. The quantitative estimate of drug-likeness (QED) is 0.839. The maximum atomic E-state index is 6.17. The molecule has 0 amide bonds. The van der Waals surface area contributed by atoms with Gasteiger partial charge in [-0.3, -0.25) is 0 Å². The predicted octanol–water partition coefficient (Wildman–Crippen LogP) is 2.75. The van der Waals surface area contributed by atoms with Crippen molar-refractivity contribution in [1.82, 2.24) is 15.3 Å². The zero-order valence-electron chi connectivity index (χ0n) is 10.3. The van der Waals surface area contributed by atoms with Crippen molar-refractivity contribution in [3.05, 3.63) is 24.3 Å². The van der Waals surface area contributed by atoms with E-state index in [0.29, 0.717) is 12.4 Å². The third-order valence-electron chi connectivity index (χ3n) is 3.59. The van der Waals surface area contributed by atoms with E-state index in [-0.39, 0.29) is 5.54 Å². The largest absolute Gasteiger partial charge is 0.303 e. The van der Waals surface area contributed by atoms with Crippen molar-refractivity contribution in [2.24, 2.45) is 5.92 Å². The molecule has 2 rings (SSSR count). The molecule has 2 unspecified atom stereocenters. The molecule has 4 heteroatoms. The fourth-order valence-corrected chi connectivity index (χ4v) is 3.01. The van der Waals surface area contributed by atoms with Gasteiger partial charge in [0.2, 0.25) is 0 Å². The minimum Gasteiger partial charge on any atom is -0.303 e. The van der Waals surface area contributed by atoms with Crippen molar-refractivity contribution in [3.63, 3.8) is 0 Å². The fraction of sp³-hybridized carbons (Fsp3) is 0.692. The second-order valence-corrected chi connectivity index (χ2v) is 5.40. The average Bonchev–Trinajstić information content (AvgIpc) is 2.38. The molecule has 1 fully saturated rings. The van der Waals surface area contributed by atoms with Crippen LogP contribution in [0.25, 0.3) is 0 Å². The number of alkyl halides is 1. The predicted molar refractivity (Wildman–Crippen MR) is 70.0 cm³/mol. The van der Waals surface area contributed by atoms with Crippen molar-refractivity contribution in [2.45, 2.75) is 44.7 Å². The summed E-state index contributed by atoms with van der Waals surface area (Å²) in [5.74, 6) is 2.27. The van der Waals surface area contributed by atoms with Crippen molar-refractivity contribution >= 4 is 11.6 Å². The van der Waals surface area contributed by atoms with E-state index in [1.807, 2.05) is 6.07 Å². The number of halogens is 1. The van der Waals surface area contributed by atoms with E-state index >= 15 is 0 Å². The molecule has 2 atom stereocenters.